The van der Waals surface area contributed by atoms with Gasteiger partial charge in [0.05, 0.1) is 11.8 Å². The van der Waals surface area contributed by atoms with Gasteiger partial charge < -0.3 is 5.73 Å². The Labute approximate surface area is 155 Å². The van der Waals surface area contributed by atoms with Crippen molar-refractivity contribution in [2.45, 2.75) is 23.9 Å². The Morgan fingerprint density at radius 3 is 2.48 bits per heavy atom. The maximum atomic E-state index is 11.4. The molecule has 5 nitrogen and oxygen atoms in total. The summed E-state index contributed by atoms with van der Waals surface area (Å²) in [5.41, 5.74) is 7.41. The second-order valence-corrected chi connectivity index (χ2v) is 7.29. The van der Waals surface area contributed by atoms with E-state index in [9.17, 15) is 4.79 Å². The lowest BCUT2D eigenvalue weighted by Crippen LogP contribution is -2.23. The highest BCUT2D eigenvalue weighted by Gasteiger charge is 2.19. The smallest absolute Gasteiger partial charge is 0.230 e. The fourth-order valence-electron chi connectivity index (χ4n) is 2.31. The molecule has 0 spiro atoms. The number of primary amides is 1. The largest absolute Gasteiger partial charge is 0.369 e. The SMILES string of the molecule is CC(Sc1nnc(-c2ccc(Cl)cc2)n1Cc1ccccc1)C(N)=O. The van der Waals surface area contributed by atoms with E-state index >= 15 is 0 Å². The van der Waals surface area contributed by atoms with Gasteiger partial charge in [-0.2, -0.15) is 0 Å². The number of nitrogens with zero attached hydrogens (tertiary/aromatic N) is 3. The molecule has 0 bridgehead atoms. The van der Waals surface area contributed by atoms with Crippen LogP contribution in [0, 0.1) is 0 Å². The number of hydrogen-bond acceptors (Lipinski definition) is 4. The molecule has 0 aliphatic heterocycles. The standard InChI is InChI=1S/C18H17ClN4OS/c1-12(16(20)24)25-18-22-21-17(14-7-9-15(19)10-8-14)23(18)11-13-5-3-2-4-6-13/h2-10,12H,11H2,1H3,(H2,20,24). The van der Waals surface area contributed by atoms with Gasteiger partial charge in [0.25, 0.3) is 0 Å². The number of benzene rings is 2. The molecule has 0 fully saturated rings. The number of halogens is 1. The van der Waals surface area contributed by atoms with Crippen LogP contribution in [0.15, 0.2) is 59.8 Å². The summed E-state index contributed by atoms with van der Waals surface area (Å²) in [5, 5.41) is 9.51. The zero-order valence-electron chi connectivity index (χ0n) is 13.6. The molecule has 3 aromatic rings. The van der Waals surface area contributed by atoms with Crippen molar-refractivity contribution in [2.75, 3.05) is 0 Å². The third kappa shape index (κ3) is 4.21. The van der Waals surface area contributed by atoms with E-state index in [1.165, 1.54) is 11.8 Å². The Bertz CT molecular complexity index is 865. The van der Waals surface area contributed by atoms with E-state index in [4.69, 9.17) is 17.3 Å². The number of carbonyl (C=O) groups is 1. The van der Waals surface area contributed by atoms with Gasteiger partial charge in [-0.1, -0.05) is 53.7 Å². The first kappa shape index (κ1) is 17.5. The average Bonchev–Trinajstić information content (AvgIpc) is 2.99. The molecule has 0 aliphatic rings. The van der Waals surface area contributed by atoms with E-state index in [1.54, 1.807) is 6.92 Å². The number of thioether (sulfide) groups is 1. The van der Waals surface area contributed by atoms with Gasteiger partial charge in [-0.15, -0.1) is 10.2 Å². The average molecular weight is 373 g/mol. The minimum atomic E-state index is -0.392. The summed E-state index contributed by atoms with van der Waals surface area (Å²) in [4.78, 5) is 11.4. The molecular formula is C18H17ClN4OS. The van der Waals surface area contributed by atoms with Gasteiger partial charge in [0.1, 0.15) is 0 Å². The van der Waals surface area contributed by atoms with Crippen LogP contribution in [0.4, 0.5) is 0 Å². The summed E-state index contributed by atoms with van der Waals surface area (Å²) in [6.45, 7) is 2.36. The molecular weight excluding hydrogens is 356 g/mol. The van der Waals surface area contributed by atoms with E-state index < -0.39 is 5.25 Å². The first-order valence-corrected chi connectivity index (χ1v) is 8.99. The van der Waals surface area contributed by atoms with E-state index in [0.29, 0.717) is 16.7 Å². The summed E-state index contributed by atoms with van der Waals surface area (Å²) >= 11 is 7.28. The molecule has 2 aromatic carbocycles. The Morgan fingerprint density at radius 2 is 1.84 bits per heavy atom. The topological polar surface area (TPSA) is 73.8 Å². The molecule has 3 rings (SSSR count). The zero-order valence-corrected chi connectivity index (χ0v) is 15.2. The predicted octanol–water partition coefficient (Wildman–Crippen LogP) is 3.61. The van der Waals surface area contributed by atoms with Crippen molar-refractivity contribution < 1.29 is 4.79 Å². The molecule has 1 amide bonds. The van der Waals surface area contributed by atoms with Crippen molar-refractivity contribution in [3.63, 3.8) is 0 Å². The highest BCUT2D eigenvalue weighted by atomic mass is 35.5. The van der Waals surface area contributed by atoms with Gasteiger partial charge in [-0.3, -0.25) is 9.36 Å². The van der Waals surface area contributed by atoms with Crippen LogP contribution in [0.1, 0.15) is 12.5 Å². The number of aromatic nitrogens is 3. The van der Waals surface area contributed by atoms with Crippen molar-refractivity contribution in [2.24, 2.45) is 5.73 Å². The lowest BCUT2D eigenvalue weighted by Gasteiger charge is -2.12. The predicted molar refractivity (Wildman–Crippen MR) is 101 cm³/mol. The van der Waals surface area contributed by atoms with Crippen molar-refractivity contribution in [1.82, 2.24) is 14.8 Å². The molecule has 0 aliphatic carbocycles. The Balaban J connectivity index is 2.01. The molecule has 0 saturated heterocycles. The van der Waals surface area contributed by atoms with Crippen LogP contribution >= 0.6 is 23.4 Å². The van der Waals surface area contributed by atoms with Crippen molar-refractivity contribution in [3.05, 3.63) is 65.2 Å². The zero-order chi connectivity index (χ0) is 17.8. The van der Waals surface area contributed by atoms with Crippen LogP contribution in [-0.4, -0.2) is 25.9 Å². The highest BCUT2D eigenvalue weighted by molar-refractivity contribution is 8.00. The fraction of sp³-hybridized carbons (Fsp3) is 0.167. The maximum absolute atomic E-state index is 11.4. The summed E-state index contributed by atoms with van der Waals surface area (Å²) in [6.07, 6.45) is 0. The van der Waals surface area contributed by atoms with Crippen LogP contribution in [-0.2, 0) is 11.3 Å². The Kier molecular flexibility index (Phi) is 5.40. The van der Waals surface area contributed by atoms with Gasteiger partial charge >= 0.3 is 0 Å². The number of amides is 1. The van der Waals surface area contributed by atoms with Crippen molar-refractivity contribution >= 4 is 29.3 Å². The Morgan fingerprint density at radius 1 is 1.16 bits per heavy atom. The van der Waals surface area contributed by atoms with Crippen molar-refractivity contribution in [3.8, 4) is 11.4 Å². The molecule has 0 radical (unpaired) electrons. The number of nitrogens with two attached hydrogens (primary N) is 1. The second kappa shape index (κ2) is 7.72. The van der Waals surface area contributed by atoms with Gasteiger partial charge in [0, 0.05) is 10.6 Å². The van der Waals surface area contributed by atoms with Gasteiger partial charge in [-0.05, 0) is 36.8 Å². The fourth-order valence-corrected chi connectivity index (χ4v) is 3.24. The van der Waals surface area contributed by atoms with Crippen LogP contribution in [0.5, 0.6) is 0 Å². The molecule has 1 atom stereocenters. The lowest BCUT2D eigenvalue weighted by molar-refractivity contribution is -0.117. The normalized spacial score (nSPS) is 12.1. The summed E-state index contributed by atoms with van der Waals surface area (Å²) in [5.74, 6) is 0.340. The minimum Gasteiger partial charge on any atom is -0.369 e. The minimum absolute atomic E-state index is 0.382. The molecule has 128 valence electrons. The summed E-state index contributed by atoms with van der Waals surface area (Å²) in [6, 6.07) is 17.5. The van der Waals surface area contributed by atoms with E-state index in [1.807, 2.05) is 59.2 Å². The lowest BCUT2D eigenvalue weighted by atomic mass is 10.2. The maximum Gasteiger partial charge on any atom is 0.230 e. The van der Waals surface area contributed by atoms with Gasteiger partial charge in [-0.25, -0.2) is 0 Å². The molecule has 2 N–H and O–H groups in total. The van der Waals surface area contributed by atoms with Crippen LogP contribution < -0.4 is 5.73 Å². The first-order chi connectivity index (χ1) is 12.0. The van der Waals surface area contributed by atoms with Crippen LogP contribution in [0.3, 0.4) is 0 Å². The van der Waals surface area contributed by atoms with E-state index in [0.717, 1.165) is 17.0 Å². The monoisotopic (exact) mass is 372 g/mol. The van der Waals surface area contributed by atoms with E-state index in [2.05, 4.69) is 10.2 Å². The quantitative estimate of drug-likeness (QED) is 0.671. The third-order valence-electron chi connectivity index (χ3n) is 3.69. The number of hydrogen-bond donors (Lipinski definition) is 1. The number of rotatable bonds is 6. The third-order valence-corrected chi connectivity index (χ3v) is 5.04. The summed E-state index contributed by atoms with van der Waals surface area (Å²) in [7, 11) is 0. The molecule has 7 heteroatoms. The second-order valence-electron chi connectivity index (χ2n) is 5.55. The van der Waals surface area contributed by atoms with Crippen LogP contribution in [0.2, 0.25) is 5.02 Å². The summed E-state index contributed by atoms with van der Waals surface area (Å²) < 4.78 is 1.99. The number of carbonyl (C=O) groups excluding carboxylic acids is 1. The van der Waals surface area contributed by atoms with Crippen LogP contribution in [0.25, 0.3) is 11.4 Å². The molecule has 0 saturated carbocycles. The molecule has 1 heterocycles. The van der Waals surface area contributed by atoms with Crippen molar-refractivity contribution in [1.29, 1.82) is 0 Å². The Hall–Kier alpha value is -2.31. The van der Waals surface area contributed by atoms with E-state index in [-0.39, 0.29) is 5.91 Å². The molecule has 1 aromatic heterocycles. The molecule has 1 unspecified atom stereocenters. The molecule has 25 heavy (non-hydrogen) atoms. The van der Waals surface area contributed by atoms with Gasteiger partial charge in [0.2, 0.25) is 5.91 Å². The highest BCUT2D eigenvalue weighted by Crippen LogP contribution is 2.28. The first-order valence-electron chi connectivity index (χ1n) is 7.73. The van der Waals surface area contributed by atoms with Gasteiger partial charge in [0.15, 0.2) is 11.0 Å².